The highest BCUT2D eigenvalue weighted by molar-refractivity contribution is 5.68. The average Bonchev–Trinajstić information content (AvgIpc) is 2.46. The third-order valence-electron chi connectivity index (χ3n) is 3.64. The maximum Gasteiger partial charge on any atom is 0.410 e. The summed E-state index contributed by atoms with van der Waals surface area (Å²) in [7, 11) is 1.59. The standard InChI is InChI=1S/C16H26N4O3/c1-12-10-19(11-13-14(22-5)18-7-6-17-13)8-9-20(12)15(21)23-16(2,3)4/h6-7,12H,8-11H2,1-5H3/t12-/m0/s1. The highest BCUT2D eigenvalue weighted by atomic mass is 16.6. The van der Waals surface area contributed by atoms with E-state index in [1.807, 2.05) is 27.7 Å². The first-order valence-corrected chi connectivity index (χ1v) is 7.86. The van der Waals surface area contributed by atoms with Gasteiger partial charge in [-0.05, 0) is 27.7 Å². The molecule has 7 nitrogen and oxygen atoms in total. The second-order valence-electron chi connectivity index (χ2n) is 6.77. The number of carbonyl (C=O) groups is 1. The number of methoxy groups -OCH3 is 1. The van der Waals surface area contributed by atoms with Crippen molar-refractivity contribution >= 4 is 6.09 Å². The van der Waals surface area contributed by atoms with Gasteiger partial charge in [0.15, 0.2) is 0 Å². The normalized spacial score (nSPS) is 19.5. The summed E-state index contributed by atoms with van der Waals surface area (Å²) in [6, 6.07) is 0.0845. The molecule has 0 spiro atoms. The Balaban J connectivity index is 1.95. The molecule has 2 rings (SSSR count). The van der Waals surface area contributed by atoms with Gasteiger partial charge in [-0.1, -0.05) is 0 Å². The highest BCUT2D eigenvalue weighted by Crippen LogP contribution is 2.19. The number of amides is 1. The van der Waals surface area contributed by atoms with Crippen LogP contribution in [-0.4, -0.2) is 64.2 Å². The molecule has 1 atom stereocenters. The second kappa shape index (κ2) is 7.12. The Morgan fingerprint density at radius 1 is 1.30 bits per heavy atom. The molecule has 1 aliphatic rings. The lowest BCUT2D eigenvalue weighted by atomic mass is 10.2. The minimum absolute atomic E-state index is 0.0845. The largest absolute Gasteiger partial charge is 0.480 e. The number of ether oxygens (including phenoxy) is 2. The quantitative estimate of drug-likeness (QED) is 0.847. The van der Waals surface area contributed by atoms with Gasteiger partial charge in [0.2, 0.25) is 5.88 Å². The van der Waals surface area contributed by atoms with Gasteiger partial charge in [0.05, 0.1) is 7.11 Å². The summed E-state index contributed by atoms with van der Waals surface area (Å²) in [5.74, 6) is 0.551. The molecule has 0 bridgehead atoms. The Hall–Kier alpha value is -1.89. The number of hydrogen-bond donors (Lipinski definition) is 0. The second-order valence-corrected chi connectivity index (χ2v) is 6.77. The highest BCUT2D eigenvalue weighted by Gasteiger charge is 2.31. The van der Waals surface area contributed by atoms with E-state index >= 15 is 0 Å². The molecule has 23 heavy (non-hydrogen) atoms. The van der Waals surface area contributed by atoms with Crippen LogP contribution in [0.4, 0.5) is 4.79 Å². The monoisotopic (exact) mass is 322 g/mol. The summed E-state index contributed by atoms with van der Waals surface area (Å²) >= 11 is 0. The van der Waals surface area contributed by atoms with Crippen LogP contribution in [0.2, 0.25) is 0 Å². The molecule has 0 N–H and O–H groups in total. The molecule has 2 heterocycles. The van der Waals surface area contributed by atoms with Gasteiger partial charge in [0.25, 0.3) is 0 Å². The van der Waals surface area contributed by atoms with E-state index in [-0.39, 0.29) is 12.1 Å². The van der Waals surface area contributed by atoms with Crippen molar-refractivity contribution in [3.8, 4) is 5.88 Å². The zero-order chi connectivity index (χ0) is 17.0. The summed E-state index contributed by atoms with van der Waals surface area (Å²) in [5.41, 5.74) is 0.342. The van der Waals surface area contributed by atoms with Gasteiger partial charge in [-0.15, -0.1) is 0 Å². The third kappa shape index (κ3) is 4.79. The van der Waals surface area contributed by atoms with Gasteiger partial charge in [-0.2, -0.15) is 0 Å². The Kier molecular flexibility index (Phi) is 5.41. The molecule has 1 amide bonds. The van der Waals surface area contributed by atoms with Crippen LogP contribution in [0.3, 0.4) is 0 Å². The Morgan fingerprint density at radius 3 is 2.61 bits per heavy atom. The molecule has 7 heteroatoms. The zero-order valence-electron chi connectivity index (χ0n) is 14.6. The average molecular weight is 322 g/mol. The van der Waals surface area contributed by atoms with E-state index in [0.717, 1.165) is 18.8 Å². The lowest BCUT2D eigenvalue weighted by molar-refractivity contribution is 0.000327. The molecular weight excluding hydrogens is 296 g/mol. The van der Waals surface area contributed by atoms with E-state index < -0.39 is 5.60 Å². The third-order valence-corrected chi connectivity index (χ3v) is 3.64. The van der Waals surface area contributed by atoms with Crippen molar-refractivity contribution in [3.63, 3.8) is 0 Å². The van der Waals surface area contributed by atoms with Crippen LogP contribution in [0.5, 0.6) is 5.88 Å². The summed E-state index contributed by atoms with van der Waals surface area (Å²) in [6.07, 6.45) is 3.03. The van der Waals surface area contributed by atoms with Crippen LogP contribution in [0, 0.1) is 0 Å². The fourth-order valence-electron chi connectivity index (χ4n) is 2.61. The van der Waals surface area contributed by atoms with Gasteiger partial charge in [0.1, 0.15) is 11.3 Å². The maximum absolute atomic E-state index is 12.2. The number of hydrogen-bond acceptors (Lipinski definition) is 6. The molecule has 0 aliphatic carbocycles. The van der Waals surface area contributed by atoms with E-state index in [9.17, 15) is 4.79 Å². The predicted octanol–water partition coefficient (Wildman–Crippen LogP) is 1.93. The number of piperazine rings is 1. The van der Waals surface area contributed by atoms with E-state index in [2.05, 4.69) is 14.9 Å². The lowest BCUT2D eigenvalue weighted by Crippen LogP contribution is -2.54. The summed E-state index contributed by atoms with van der Waals surface area (Å²) in [6.45, 7) is 10.5. The maximum atomic E-state index is 12.2. The predicted molar refractivity (Wildman–Crippen MR) is 86.3 cm³/mol. The first-order valence-electron chi connectivity index (χ1n) is 7.86. The summed E-state index contributed by atoms with van der Waals surface area (Å²) < 4.78 is 10.7. The Bertz CT molecular complexity index is 544. The molecule has 1 saturated heterocycles. The van der Waals surface area contributed by atoms with Crippen molar-refractivity contribution in [2.45, 2.75) is 45.9 Å². The van der Waals surface area contributed by atoms with Gasteiger partial charge in [-0.25, -0.2) is 9.78 Å². The van der Waals surface area contributed by atoms with Crippen molar-refractivity contribution in [2.24, 2.45) is 0 Å². The topological polar surface area (TPSA) is 67.8 Å². The lowest BCUT2D eigenvalue weighted by Gasteiger charge is -2.40. The van der Waals surface area contributed by atoms with Crippen LogP contribution >= 0.6 is 0 Å². The fourth-order valence-corrected chi connectivity index (χ4v) is 2.61. The van der Waals surface area contributed by atoms with Crippen molar-refractivity contribution in [1.82, 2.24) is 19.8 Å². The molecule has 0 unspecified atom stereocenters. The van der Waals surface area contributed by atoms with Crippen molar-refractivity contribution in [2.75, 3.05) is 26.7 Å². The molecule has 0 aromatic carbocycles. The number of carbonyl (C=O) groups excluding carboxylic acids is 1. The summed E-state index contributed by atoms with van der Waals surface area (Å²) in [5, 5.41) is 0. The van der Waals surface area contributed by atoms with Crippen LogP contribution in [0.15, 0.2) is 12.4 Å². The molecule has 0 radical (unpaired) electrons. The fraction of sp³-hybridized carbons (Fsp3) is 0.688. The number of nitrogens with zero attached hydrogens (tertiary/aromatic N) is 4. The molecule has 1 fully saturated rings. The van der Waals surface area contributed by atoms with E-state index in [1.54, 1.807) is 24.4 Å². The first kappa shape index (κ1) is 17.5. The Labute approximate surface area is 137 Å². The molecule has 128 valence electrons. The number of aromatic nitrogens is 2. The van der Waals surface area contributed by atoms with Gasteiger partial charge >= 0.3 is 6.09 Å². The molecule has 1 aliphatic heterocycles. The van der Waals surface area contributed by atoms with Gasteiger partial charge in [-0.3, -0.25) is 9.88 Å². The van der Waals surface area contributed by atoms with Gasteiger partial charge in [0, 0.05) is 44.6 Å². The molecule has 1 aromatic rings. The molecule has 1 aromatic heterocycles. The zero-order valence-corrected chi connectivity index (χ0v) is 14.6. The smallest absolute Gasteiger partial charge is 0.410 e. The van der Waals surface area contributed by atoms with Gasteiger partial charge < -0.3 is 14.4 Å². The minimum Gasteiger partial charge on any atom is -0.480 e. The van der Waals surface area contributed by atoms with E-state index in [1.165, 1.54) is 0 Å². The van der Waals surface area contributed by atoms with E-state index in [0.29, 0.717) is 19.0 Å². The molecule has 0 saturated carbocycles. The van der Waals surface area contributed by atoms with Crippen LogP contribution in [-0.2, 0) is 11.3 Å². The minimum atomic E-state index is -0.471. The first-order chi connectivity index (χ1) is 10.8. The van der Waals surface area contributed by atoms with Crippen molar-refractivity contribution < 1.29 is 14.3 Å². The Morgan fingerprint density at radius 2 is 2.00 bits per heavy atom. The van der Waals surface area contributed by atoms with Crippen LogP contribution in [0.25, 0.3) is 0 Å². The van der Waals surface area contributed by atoms with Crippen molar-refractivity contribution in [3.05, 3.63) is 18.1 Å². The van der Waals surface area contributed by atoms with Crippen LogP contribution < -0.4 is 4.74 Å². The number of rotatable bonds is 3. The SMILES string of the molecule is COc1nccnc1CN1CCN(C(=O)OC(C)(C)C)[C@@H](C)C1. The summed E-state index contributed by atoms with van der Waals surface area (Å²) in [4.78, 5) is 24.8. The van der Waals surface area contributed by atoms with Crippen LogP contribution in [0.1, 0.15) is 33.4 Å². The molecular formula is C16H26N4O3. The van der Waals surface area contributed by atoms with E-state index in [4.69, 9.17) is 9.47 Å². The van der Waals surface area contributed by atoms with Crippen molar-refractivity contribution in [1.29, 1.82) is 0 Å².